The van der Waals surface area contributed by atoms with Crippen LogP contribution < -0.4 is 15.8 Å². The zero-order valence-corrected chi connectivity index (χ0v) is 14.8. The number of hydrogen-bond acceptors (Lipinski definition) is 3. The zero-order chi connectivity index (χ0) is 15.8. The van der Waals surface area contributed by atoms with Gasteiger partial charge in [-0.2, -0.15) is 0 Å². The molecule has 0 radical (unpaired) electrons. The van der Waals surface area contributed by atoms with Crippen LogP contribution in [0.5, 0.6) is 5.75 Å². The summed E-state index contributed by atoms with van der Waals surface area (Å²) in [6.45, 7) is 3.37. The smallest absolute Gasteiger partial charge is 0.220 e. The summed E-state index contributed by atoms with van der Waals surface area (Å²) in [5, 5.41) is 3.16. The summed E-state index contributed by atoms with van der Waals surface area (Å²) < 4.78 is 5.56. The van der Waals surface area contributed by atoms with Crippen molar-refractivity contribution in [2.75, 3.05) is 13.2 Å². The van der Waals surface area contributed by atoms with E-state index in [1.54, 1.807) is 0 Å². The Hall–Kier alpha value is -1.26. The fourth-order valence-corrected chi connectivity index (χ4v) is 3.02. The number of halogens is 1. The van der Waals surface area contributed by atoms with Crippen molar-refractivity contribution in [3.63, 3.8) is 0 Å². The molecule has 1 saturated carbocycles. The van der Waals surface area contributed by atoms with Crippen molar-refractivity contribution < 1.29 is 9.53 Å². The molecule has 0 atom stereocenters. The van der Waals surface area contributed by atoms with Crippen LogP contribution in [0.2, 0.25) is 0 Å². The van der Waals surface area contributed by atoms with Crippen LogP contribution in [0.15, 0.2) is 24.3 Å². The largest absolute Gasteiger partial charge is 0.494 e. The minimum atomic E-state index is -0.144. The molecular weight excluding hydrogens is 312 g/mol. The van der Waals surface area contributed by atoms with Crippen molar-refractivity contribution >= 4 is 18.3 Å². The average Bonchev–Trinajstić information content (AvgIpc) is 3.01. The topological polar surface area (TPSA) is 64.3 Å². The van der Waals surface area contributed by atoms with Crippen LogP contribution in [0.3, 0.4) is 0 Å². The molecule has 1 aliphatic rings. The molecule has 4 nitrogen and oxygen atoms in total. The minimum absolute atomic E-state index is 0. The van der Waals surface area contributed by atoms with Gasteiger partial charge in [0, 0.05) is 13.0 Å². The van der Waals surface area contributed by atoms with Crippen molar-refractivity contribution in [2.45, 2.75) is 57.4 Å². The Morgan fingerprint density at radius 1 is 1.26 bits per heavy atom. The SMILES string of the molecule is CCCOc1ccc(CCC(=O)NC2(CN)CCCC2)cc1.Cl. The second-order valence-corrected chi connectivity index (χ2v) is 6.23. The molecule has 1 amide bonds. The van der Waals surface area contributed by atoms with E-state index >= 15 is 0 Å². The summed E-state index contributed by atoms with van der Waals surface area (Å²) in [7, 11) is 0. The van der Waals surface area contributed by atoms with Gasteiger partial charge in [0.2, 0.25) is 5.91 Å². The normalized spacial score (nSPS) is 15.7. The lowest BCUT2D eigenvalue weighted by molar-refractivity contribution is -0.122. The highest BCUT2D eigenvalue weighted by Crippen LogP contribution is 2.28. The molecule has 0 saturated heterocycles. The van der Waals surface area contributed by atoms with Gasteiger partial charge < -0.3 is 15.8 Å². The van der Waals surface area contributed by atoms with Crippen molar-refractivity contribution in [1.29, 1.82) is 0 Å². The second-order valence-electron chi connectivity index (χ2n) is 6.23. The molecule has 23 heavy (non-hydrogen) atoms. The van der Waals surface area contributed by atoms with Crippen LogP contribution in [0.25, 0.3) is 0 Å². The van der Waals surface area contributed by atoms with E-state index in [0.29, 0.717) is 13.0 Å². The molecule has 0 aromatic heterocycles. The lowest BCUT2D eigenvalue weighted by atomic mass is 9.97. The van der Waals surface area contributed by atoms with Gasteiger partial charge in [-0.05, 0) is 43.4 Å². The first-order valence-electron chi connectivity index (χ1n) is 8.40. The number of rotatable bonds is 8. The monoisotopic (exact) mass is 340 g/mol. The van der Waals surface area contributed by atoms with Crippen LogP contribution >= 0.6 is 12.4 Å². The molecule has 0 heterocycles. The highest BCUT2D eigenvalue weighted by Gasteiger charge is 2.33. The van der Waals surface area contributed by atoms with Crippen LogP contribution in [0.1, 0.15) is 51.0 Å². The average molecular weight is 341 g/mol. The molecule has 1 fully saturated rings. The zero-order valence-electron chi connectivity index (χ0n) is 14.0. The molecule has 1 aromatic rings. The number of hydrogen-bond donors (Lipinski definition) is 2. The van der Waals surface area contributed by atoms with Gasteiger partial charge in [0.1, 0.15) is 5.75 Å². The minimum Gasteiger partial charge on any atom is -0.494 e. The molecule has 0 unspecified atom stereocenters. The molecule has 2 rings (SSSR count). The summed E-state index contributed by atoms with van der Waals surface area (Å²) in [6.07, 6.45) is 6.62. The maximum absolute atomic E-state index is 12.2. The number of carbonyl (C=O) groups is 1. The van der Waals surface area contributed by atoms with Gasteiger partial charge in [-0.25, -0.2) is 0 Å². The summed E-state index contributed by atoms with van der Waals surface area (Å²) >= 11 is 0. The summed E-state index contributed by atoms with van der Waals surface area (Å²) in [5.41, 5.74) is 6.87. The summed E-state index contributed by atoms with van der Waals surface area (Å²) in [5.74, 6) is 1.00. The summed E-state index contributed by atoms with van der Waals surface area (Å²) in [4.78, 5) is 12.2. The fourth-order valence-electron chi connectivity index (χ4n) is 3.02. The first-order chi connectivity index (χ1) is 10.7. The van der Waals surface area contributed by atoms with Gasteiger partial charge in [0.15, 0.2) is 0 Å². The predicted molar refractivity (Wildman–Crippen MR) is 96.2 cm³/mol. The van der Waals surface area contributed by atoms with E-state index in [0.717, 1.165) is 56.4 Å². The Morgan fingerprint density at radius 2 is 1.91 bits per heavy atom. The van der Waals surface area contributed by atoms with E-state index in [4.69, 9.17) is 10.5 Å². The number of amides is 1. The Kier molecular flexibility index (Phi) is 8.42. The van der Waals surface area contributed by atoms with Gasteiger partial charge in [0.05, 0.1) is 12.1 Å². The number of benzene rings is 1. The third-order valence-corrected chi connectivity index (χ3v) is 4.39. The molecule has 1 aliphatic carbocycles. The Balaban J connectivity index is 0.00000264. The quantitative estimate of drug-likeness (QED) is 0.763. The van der Waals surface area contributed by atoms with Gasteiger partial charge in [-0.1, -0.05) is 31.9 Å². The lowest BCUT2D eigenvalue weighted by Crippen LogP contribution is -2.51. The van der Waals surface area contributed by atoms with E-state index < -0.39 is 0 Å². The third-order valence-electron chi connectivity index (χ3n) is 4.39. The van der Waals surface area contributed by atoms with E-state index in [2.05, 4.69) is 12.2 Å². The highest BCUT2D eigenvalue weighted by molar-refractivity contribution is 5.85. The molecule has 1 aromatic carbocycles. The maximum Gasteiger partial charge on any atom is 0.220 e. The first kappa shape index (κ1) is 19.8. The van der Waals surface area contributed by atoms with Crippen LogP contribution in [-0.2, 0) is 11.2 Å². The Labute approximate surface area is 145 Å². The maximum atomic E-state index is 12.2. The number of nitrogens with two attached hydrogens (primary N) is 1. The summed E-state index contributed by atoms with van der Waals surface area (Å²) in [6, 6.07) is 8.02. The van der Waals surface area contributed by atoms with Crippen molar-refractivity contribution in [2.24, 2.45) is 5.73 Å². The third kappa shape index (κ3) is 6.04. The standard InChI is InChI=1S/C18H28N2O2.ClH/c1-2-13-22-16-8-5-15(6-9-16)7-10-17(21)20-18(14-19)11-3-4-12-18;/h5-6,8-9H,2-4,7,10-14,19H2,1H3,(H,20,21);1H. The molecule has 0 spiro atoms. The molecular formula is C18H29ClN2O2. The Morgan fingerprint density at radius 3 is 2.48 bits per heavy atom. The van der Waals surface area contributed by atoms with Crippen molar-refractivity contribution in [3.05, 3.63) is 29.8 Å². The van der Waals surface area contributed by atoms with E-state index in [1.807, 2.05) is 24.3 Å². The van der Waals surface area contributed by atoms with Crippen LogP contribution in [0, 0.1) is 0 Å². The molecule has 0 aliphatic heterocycles. The van der Waals surface area contributed by atoms with E-state index in [-0.39, 0.29) is 23.9 Å². The van der Waals surface area contributed by atoms with E-state index in [1.165, 1.54) is 0 Å². The van der Waals surface area contributed by atoms with Gasteiger partial charge in [-0.15, -0.1) is 12.4 Å². The number of aryl methyl sites for hydroxylation is 1. The molecule has 130 valence electrons. The van der Waals surface area contributed by atoms with E-state index in [9.17, 15) is 4.79 Å². The number of nitrogens with one attached hydrogen (secondary N) is 1. The van der Waals surface area contributed by atoms with Gasteiger partial charge in [-0.3, -0.25) is 4.79 Å². The second kappa shape index (κ2) is 9.78. The Bertz CT molecular complexity index is 470. The highest BCUT2D eigenvalue weighted by atomic mass is 35.5. The fraction of sp³-hybridized carbons (Fsp3) is 0.611. The van der Waals surface area contributed by atoms with Crippen molar-refractivity contribution in [1.82, 2.24) is 5.32 Å². The van der Waals surface area contributed by atoms with Crippen LogP contribution in [-0.4, -0.2) is 24.6 Å². The number of ether oxygens (including phenoxy) is 1. The molecule has 3 N–H and O–H groups in total. The van der Waals surface area contributed by atoms with Crippen LogP contribution in [0.4, 0.5) is 0 Å². The predicted octanol–water partition coefficient (Wildman–Crippen LogP) is 3.22. The van der Waals surface area contributed by atoms with Gasteiger partial charge in [0.25, 0.3) is 0 Å². The van der Waals surface area contributed by atoms with Gasteiger partial charge >= 0.3 is 0 Å². The molecule has 5 heteroatoms. The molecule has 0 bridgehead atoms. The first-order valence-corrected chi connectivity index (χ1v) is 8.40. The number of carbonyl (C=O) groups excluding carboxylic acids is 1. The lowest BCUT2D eigenvalue weighted by Gasteiger charge is -2.28. The van der Waals surface area contributed by atoms with Crippen molar-refractivity contribution in [3.8, 4) is 5.75 Å².